The van der Waals surface area contributed by atoms with E-state index < -0.39 is 0 Å². The molecular weight excluding hydrogens is 242 g/mol. The number of anilines is 1. The van der Waals surface area contributed by atoms with Crippen LogP contribution in [0, 0.1) is 6.92 Å². The summed E-state index contributed by atoms with van der Waals surface area (Å²) in [6.45, 7) is 5.80. The molecule has 3 N–H and O–H groups in total. The second-order valence-corrected chi connectivity index (χ2v) is 5.55. The second kappa shape index (κ2) is 4.85. The number of aryl methyl sites for hydroxylation is 1. The quantitative estimate of drug-likeness (QED) is 0.819. The van der Waals surface area contributed by atoms with Crippen LogP contribution in [0.2, 0.25) is 0 Å². The first-order valence-corrected chi connectivity index (χ1v) is 7.00. The summed E-state index contributed by atoms with van der Waals surface area (Å²) < 4.78 is 0. The Kier molecular flexibility index (Phi) is 3.18. The first-order valence-electron chi connectivity index (χ1n) is 7.00. The van der Waals surface area contributed by atoms with Crippen molar-refractivity contribution in [1.82, 2.24) is 20.0 Å². The summed E-state index contributed by atoms with van der Waals surface area (Å²) in [5.74, 6) is -0.0384. The lowest BCUT2D eigenvalue weighted by Crippen LogP contribution is -2.37. The third-order valence-corrected chi connectivity index (χ3v) is 4.30. The predicted molar refractivity (Wildman–Crippen MR) is 72.9 cm³/mol. The van der Waals surface area contributed by atoms with Crippen LogP contribution in [-0.4, -0.2) is 58.1 Å². The topological polar surface area (TPSA) is 78.2 Å². The van der Waals surface area contributed by atoms with Crippen molar-refractivity contribution in [3.8, 4) is 0 Å². The van der Waals surface area contributed by atoms with Gasteiger partial charge in [-0.15, -0.1) is 0 Å². The number of hydrogen-bond acceptors (Lipinski definition) is 4. The van der Waals surface area contributed by atoms with Crippen LogP contribution in [0.1, 0.15) is 35.4 Å². The highest BCUT2D eigenvalue weighted by Crippen LogP contribution is 2.23. The van der Waals surface area contributed by atoms with Gasteiger partial charge >= 0.3 is 0 Å². The zero-order chi connectivity index (χ0) is 13.4. The third kappa shape index (κ3) is 2.20. The lowest BCUT2D eigenvalue weighted by molar-refractivity contribution is 0.0775. The zero-order valence-corrected chi connectivity index (χ0v) is 11.4. The van der Waals surface area contributed by atoms with E-state index in [0.29, 0.717) is 17.4 Å². The molecule has 0 spiro atoms. The summed E-state index contributed by atoms with van der Waals surface area (Å²) in [6.07, 6.45) is 3.64. The van der Waals surface area contributed by atoms with Gasteiger partial charge < -0.3 is 10.6 Å². The number of aromatic amines is 1. The van der Waals surface area contributed by atoms with Gasteiger partial charge in [-0.3, -0.25) is 14.8 Å². The fraction of sp³-hybridized carbons (Fsp3) is 0.692. The molecule has 6 nitrogen and oxygen atoms in total. The molecule has 2 aliphatic heterocycles. The molecule has 0 bridgehead atoms. The SMILES string of the molecule is Cc1[nH]nc(C(=O)N2CCC(N3CCCC3)C2)c1N. The van der Waals surface area contributed by atoms with Gasteiger partial charge in [-0.1, -0.05) is 0 Å². The maximum Gasteiger partial charge on any atom is 0.276 e. The van der Waals surface area contributed by atoms with Crippen LogP contribution in [0.5, 0.6) is 0 Å². The average Bonchev–Trinajstić information content (AvgIpc) is 3.11. The van der Waals surface area contributed by atoms with E-state index in [9.17, 15) is 4.79 Å². The van der Waals surface area contributed by atoms with Crippen molar-refractivity contribution >= 4 is 11.6 Å². The number of H-pyrrole nitrogens is 1. The van der Waals surface area contributed by atoms with Crippen LogP contribution >= 0.6 is 0 Å². The number of nitrogen functional groups attached to an aromatic ring is 1. The van der Waals surface area contributed by atoms with Gasteiger partial charge in [0, 0.05) is 19.1 Å². The van der Waals surface area contributed by atoms with E-state index in [1.807, 2.05) is 11.8 Å². The summed E-state index contributed by atoms with van der Waals surface area (Å²) in [4.78, 5) is 16.8. The normalized spacial score (nSPS) is 24.3. The molecule has 19 heavy (non-hydrogen) atoms. The van der Waals surface area contributed by atoms with Crippen LogP contribution in [0.15, 0.2) is 0 Å². The number of hydrogen-bond donors (Lipinski definition) is 2. The molecule has 1 aromatic heterocycles. The van der Waals surface area contributed by atoms with Crippen LogP contribution in [0.25, 0.3) is 0 Å². The highest BCUT2D eigenvalue weighted by Gasteiger charge is 2.33. The average molecular weight is 263 g/mol. The molecule has 2 saturated heterocycles. The predicted octanol–water partition coefficient (Wildman–Crippen LogP) is 0.611. The summed E-state index contributed by atoms with van der Waals surface area (Å²) in [5, 5.41) is 6.80. The Morgan fingerprint density at radius 2 is 2.11 bits per heavy atom. The van der Waals surface area contributed by atoms with Crippen molar-refractivity contribution < 1.29 is 4.79 Å². The summed E-state index contributed by atoms with van der Waals surface area (Å²) in [6, 6.07) is 0.521. The molecule has 104 valence electrons. The molecule has 2 fully saturated rings. The van der Waals surface area contributed by atoms with Gasteiger partial charge in [-0.05, 0) is 39.3 Å². The molecule has 1 aromatic rings. The van der Waals surface area contributed by atoms with Crippen LogP contribution < -0.4 is 5.73 Å². The third-order valence-electron chi connectivity index (χ3n) is 4.30. The standard InChI is InChI=1S/C13H21N5O/c1-9-11(14)12(16-15-9)13(19)18-7-4-10(8-18)17-5-2-3-6-17/h10H,2-8,14H2,1H3,(H,15,16). The Morgan fingerprint density at radius 3 is 2.74 bits per heavy atom. The van der Waals surface area contributed by atoms with E-state index in [-0.39, 0.29) is 5.91 Å². The molecule has 2 aliphatic rings. The fourth-order valence-corrected chi connectivity index (χ4v) is 3.08. The van der Waals surface area contributed by atoms with Gasteiger partial charge in [0.05, 0.1) is 11.4 Å². The van der Waals surface area contributed by atoms with E-state index in [0.717, 1.165) is 25.2 Å². The minimum atomic E-state index is -0.0384. The van der Waals surface area contributed by atoms with Crippen LogP contribution in [0.3, 0.4) is 0 Å². The molecule has 6 heteroatoms. The zero-order valence-electron chi connectivity index (χ0n) is 11.4. The number of aromatic nitrogens is 2. The van der Waals surface area contributed by atoms with E-state index in [1.165, 1.54) is 25.9 Å². The Hall–Kier alpha value is -1.56. The maximum atomic E-state index is 12.4. The molecule has 0 radical (unpaired) electrons. The van der Waals surface area contributed by atoms with Crippen LogP contribution in [0.4, 0.5) is 5.69 Å². The fourth-order valence-electron chi connectivity index (χ4n) is 3.08. The number of carbonyl (C=O) groups excluding carboxylic acids is 1. The molecule has 1 atom stereocenters. The van der Waals surface area contributed by atoms with Gasteiger partial charge in [0.15, 0.2) is 5.69 Å². The first kappa shape index (κ1) is 12.5. The highest BCUT2D eigenvalue weighted by atomic mass is 16.2. The van der Waals surface area contributed by atoms with Crippen LogP contribution in [-0.2, 0) is 0 Å². The molecule has 3 rings (SSSR count). The number of likely N-dealkylation sites (tertiary alicyclic amines) is 2. The number of rotatable bonds is 2. The molecule has 1 unspecified atom stereocenters. The number of carbonyl (C=O) groups is 1. The summed E-state index contributed by atoms with van der Waals surface area (Å²) in [5.41, 5.74) is 7.49. The molecule has 1 amide bonds. The number of nitrogens with two attached hydrogens (primary N) is 1. The van der Waals surface area contributed by atoms with E-state index in [4.69, 9.17) is 5.73 Å². The lowest BCUT2D eigenvalue weighted by Gasteiger charge is -2.23. The largest absolute Gasteiger partial charge is 0.395 e. The smallest absolute Gasteiger partial charge is 0.276 e. The minimum Gasteiger partial charge on any atom is -0.395 e. The van der Waals surface area contributed by atoms with Crippen molar-refractivity contribution in [1.29, 1.82) is 0 Å². The Bertz CT molecular complexity index is 477. The Balaban J connectivity index is 1.67. The molecule has 3 heterocycles. The van der Waals surface area contributed by atoms with Crippen molar-refractivity contribution in [2.24, 2.45) is 0 Å². The molecule has 0 saturated carbocycles. The van der Waals surface area contributed by atoms with Crippen molar-refractivity contribution in [3.63, 3.8) is 0 Å². The molecular formula is C13H21N5O. The Labute approximate surface area is 112 Å². The van der Waals surface area contributed by atoms with E-state index in [1.54, 1.807) is 0 Å². The van der Waals surface area contributed by atoms with Gasteiger partial charge in [0.2, 0.25) is 0 Å². The minimum absolute atomic E-state index is 0.0384. The second-order valence-electron chi connectivity index (χ2n) is 5.55. The van der Waals surface area contributed by atoms with Gasteiger partial charge in [-0.2, -0.15) is 5.10 Å². The monoisotopic (exact) mass is 263 g/mol. The van der Waals surface area contributed by atoms with Gasteiger partial charge in [-0.25, -0.2) is 0 Å². The number of amides is 1. The van der Waals surface area contributed by atoms with Crippen molar-refractivity contribution in [2.75, 3.05) is 31.9 Å². The number of nitrogens with one attached hydrogen (secondary N) is 1. The molecule has 0 aromatic carbocycles. The van der Waals surface area contributed by atoms with E-state index >= 15 is 0 Å². The first-order chi connectivity index (χ1) is 9.16. The lowest BCUT2D eigenvalue weighted by atomic mass is 10.2. The van der Waals surface area contributed by atoms with Gasteiger partial charge in [0.25, 0.3) is 5.91 Å². The summed E-state index contributed by atoms with van der Waals surface area (Å²) >= 11 is 0. The van der Waals surface area contributed by atoms with E-state index in [2.05, 4.69) is 15.1 Å². The molecule has 0 aliphatic carbocycles. The number of nitrogens with zero attached hydrogens (tertiary/aromatic N) is 3. The maximum absolute atomic E-state index is 12.4. The van der Waals surface area contributed by atoms with Crippen molar-refractivity contribution in [2.45, 2.75) is 32.2 Å². The van der Waals surface area contributed by atoms with Gasteiger partial charge in [0.1, 0.15) is 0 Å². The highest BCUT2D eigenvalue weighted by molar-refractivity contribution is 5.97. The summed E-state index contributed by atoms with van der Waals surface area (Å²) in [7, 11) is 0. The Morgan fingerprint density at radius 1 is 1.37 bits per heavy atom. The van der Waals surface area contributed by atoms with Crippen molar-refractivity contribution in [3.05, 3.63) is 11.4 Å².